The van der Waals surface area contributed by atoms with E-state index in [9.17, 15) is 9.90 Å². The Morgan fingerprint density at radius 1 is 1.86 bits per heavy atom. The average Bonchev–Trinajstić information content (AvgIpc) is 1.36. The lowest BCUT2D eigenvalue weighted by Crippen LogP contribution is -2.39. The highest BCUT2D eigenvalue weighted by Gasteiger charge is 1.87. The van der Waals surface area contributed by atoms with Crippen molar-refractivity contribution in [2.24, 2.45) is 5.73 Å². The number of rotatable bonds is 1. The predicted molar refractivity (Wildman–Crippen MR) is 24.6 cm³/mol. The molecule has 0 radical (unpaired) electrons. The number of hydrogen-bond donors (Lipinski definition) is 2. The van der Waals surface area contributed by atoms with Gasteiger partial charge >= 0.3 is 0 Å². The van der Waals surface area contributed by atoms with Crippen LogP contribution in [0.1, 0.15) is 6.92 Å². The molecule has 4 heteroatoms. The second-order valence-corrected chi connectivity index (χ2v) is 1.11. The first-order valence-corrected chi connectivity index (χ1v) is 1.61. The second kappa shape index (κ2) is 3.58. The highest BCUT2D eigenvalue weighted by Crippen LogP contribution is 1.63. The molecule has 0 aromatic rings. The molecule has 0 saturated heterocycles. The summed E-state index contributed by atoms with van der Waals surface area (Å²) >= 11 is 0. The van der Waals surface area contributed by atoms with E-state index in [0.717, 1.165) is 0 Å². The summed E-state index contributed by atoms with van der Waals surface area (Å²) in [5, 5.41) is 9.46. The second-order valence-electron chi connectivity index (χ2n) is 1.11. The first kappa shape index (κ1) is 9.63. The molecule has 7 heavy (non-hydrogen) atoms. The molecule has 0 aromatic heterocycles. The van der Waals surface area contributed by atoms with Gasteiger partial charge in [-0.25, -0.2) is 0 Å². The van der Waals surface area contributed by atoms with Gasteiger partial charge in [0.15, 0.2) is 0 Å². The highest BCUT2D eigenvalue weighted by molar-refractivity contribution is 5.70. The van der Waals surface area contributed by atoms with Gasteiger partial charge in [-0.1, -0.05) is 0 Å². The van der Waals surface area contributed by atoms with Crippen molar-refractivity contribution in [3.63, 3.8) is 0 Å². The van der Waals surface area contributed by atoms with E-state index < -0.39 is 12.0 Å². The van der Waals surface area contributed by atoms with E-state index in [2.05, 4.69) is 0 Å². The molecule has 44 valence electrons. The SMILES string of the molecule is CC(N)C(=O)[O-].[NH4+]. The number of carbonyl (C=O) groups is 1. The van der Waals surface area contributed by atoms with Crippen LogP contribution in [-0.4, -0.2) is 12.0 Å². The molecular formula is C3H10N2O2. The van der Waals surface area contributed by atoms with Crippen molar-refractivity contribution >= 4 is 5.97 Å². The third kappa shape index (κ3) is 5.39. The zero-order valence-corrected chi connectivity index (χ0v) is 4.47. The smallest absolute Gasteiger partial charge is 0.0579 e. The van der Waals surface area contributed by atoms with Gasteiger partial charge in [-0.3, -0.25) is 0 Å². The topological polar surface area (TPSA) is 103 Å². The fourth-order valence-electron chi connectivity index (χ4n) is 0. The molecule has 0 rings (SSSR count). The van der Waals surface area contributed by atoms with Crippen molar-refractivity contribution in [1.82, 2.24) is 6.15 Å². The average molecular weight is 106 g/mol. The van der Waals surface area contributed by atoms with Gasteiger partial charge in [0.05, 0.1) is 5.97 Å². The first-order valence-electron chi connectivity index (χ1n) is 1.61. The van der Waals surface area contributed by atoms with Crippen LogP contribution in [0.15, 0.2) is 0 Å². The van der Waals surface area contributed by atoms with Crippen LogP contribution < -0.4 is 17.0 Å². The maximum atomic E-state index is 9.46. The van der Waals surface area contributed by atoms with Crippen molar-refractivity contribution < 1.29 is 9.90 Å². The van der Waals surface area contributed by atoms with Gasteiger partial charge in [-0.15, -0.1) is 0 Å². The van der Waals surface area contributed by atoms with Gasteiger partial charge < -0.3 is 21.8 Å². The van der Waals surface area contributed by atoms with E-state index in [1.807, 2.05) is 0 Å². The molecule has 0 heterocycles. The lowest BCUT2D eigenvalue weighted by Gasteiger charge is -2.01. The minimum absolute atomic E-state index is 0. The van der Waals surface area contributed by atoms with Gasteiger partial charge in [0.1, 0.15) is 0 Å². The number of carboxylic acid groups (broad SMARTS) is 1. The molecule has 0 aliphatic carbocycles. The van der Waals surface area contributed by atoms with Gasteiger partial charge in [0.25, 0.3) is 0 Å². The van der Waals surface area contributed by atoms with Crippen LogP contribution in [0.3, 0.4) is 0 Å². The molecule has 0 aliphatic heterocycles. The number of aliphatic carboxylic acids is 1. The standard InChI is InChI=1S/C3H7NO2.H3N/c1-2(4)3(5)6;/h2H,4H2,1H3,(H,5,6);1H3. The van der Waals surface area contributed by atoms with Crippen LogP contribution in [0.25, 0.3) is 0 Å². The summed E-state index contributed by atoms with van der Waals surface area (Å²) < 4.78 is 0. The van der Waals surface area contributed by atoms with Crippen molar-refractivity contribution in [2.45, 2.75) is 13.0 Å². The molecule has 4 nitrogen and oxygen atoms in total. The largest absolute Gasteiger partial charge is 0.548 e. The van der Waals surface area contributed by atoms with E-state index in [4.69, 9.17) is 5.73 Å². The van der Waals surface area contributed by atoms with Gasteiger partial charge in [0, 0.05) is 6.04 Å². The van der Waals surface area contributed by atoms with Crippen molar-refractivity contribution in [3.8, 4) is 0 Å². The molecule has 0 bridgehead atoms. The van der Waals surface area contributed by atoms with Crippen molar-refractivity contribution in [3.05, 3.63) is 0 Å². The summed E-state index contributed by atoms with van der Waals surface area (Å²) in [5.41, 5.74) is 4.77. The van der Waals surface area contributed by atoms with Gasteiger partial charge in [-0.05, 0) is 6.92 Å². The van der Waals surface area contributed by atoms with Gasteiger partial charge in [-0.2, -0.15) is 0 Å². The molecule has 6 N–H and O–H groups in total. The molecular weight excluding hydrogens is 96.0 g/mol. The fraction of sp³-hybridized carbons (Fsp3) is 0.667. The lowest BCUT2D eigenvalue weighted by molar-refractivity contribution is -0.306. The van der Waals surface area contributed by atoms with Crippen LogP contribution in [0, 0.1) is 0 Å². The zero-order chi connectivity index (χ0) is 5.15. The molecule has 0 aliphatic rings. The number of hydrogen-bond acceptors (Lipinski definition) is 3. The molecule has 0 aromatic carbocycles. The monoisotopic (exact) mass is 106 g/mol. The van der Waals surface area contributed by atoms with E-state index >= 15 is 0 Å². The lowest BCUT2D eigenvalue weighted by atomic mass is 10.4. The Hall–Kier alpha value is -0.610. The minimum Gasteiger partial charge on any atom is -0.548 e. The van der Waals surface area contributed by atoms with Crippen molar-refractivity contribution in [2.75, 3.05) is 0 Å². The zero-order valence-electron chi connectivity index (χ0n) is 4.47. The molecule has 1 unspecified atom stereocenters. The van der Waals surface area contributed by atoms with E-state index in [1.54, 1.807) is 0 Å². The van der Waals surface area contributed by atoms with Crippen LogP contribution in [0.4, 0.5) is 0 Å². The van der Waals surface area contributed by atoms with Gasteiger partial charge in [0.2, 0.25) is 0 Å². The number of nitrogens with two attached hydrogens (primary N) is 1. The third-order valence-corrected chi connectivity index (χ3v) is 0.372. The maximum Gasteiger partial charge on any atom is 0.0579 e. The Labute approximate surface area is 41.9 Å². The van der Waals surface area contributed by atoms with E-state index in [0.29, 0.717) is 0 Å². The number of carboxylic acids is 1. The molecule has 0 amide bonds. The Kier molecular flexibility index (Phi) is 4.92. The van der Waals surface area contributed by atoms with E-state index in [-0.39, 0.29) is 6.15 Å². The van der Waals surface area contributed by atoms with E-state index in [1.165, 1.54) is 6.92 Å². The molecule has 0 spiro atoms. The Morgan fingerprint density at radius 2 is 2.00 bits per heavy atom. The summed E-state index contributed by atoms with van der Waals surface area (Å²) in [6, 6.07) is -0.843. The summed E-state index contributed by atoms with van der Waals surface area (Å²) in [5.74, 6) is -1.21. The van der Waals surface area contributed by atoms with Crippen LogP contribution >= 0.6 is 0 Å². The Balaban J connectivity index is 0. The third-order valence-electron chi connectivity index (χ3n) is 0.372. The fourth-order valence-corrected chi connectivity index (χ4v) is 0. The highest BCUT2D eigenvalue weighted by atomic mass is 16.4. The maximum absolute atomic E-state index is 9.46. The Bertz CT molecular complexity index is 62.0. The summed E-state index contributed by atoms with van der Waals surface area (Å²) in [7, 11) is 0. The van der Waals surface area contributed by atoms with Crippen LogP contribution in [0.2, 0.25) is 0 Å². The number of carbonyl (C=O) groups excluding carboxylic acids is 1. The van der Waals surface area contributed by atoms with Crippen LogP contribution in [0.5, 0.6) is 0 Å². The predicted octanol–water partition coefficient (Wildman–Crippen LogP) is -1.54. The first-order chi connectivity index (χ1) is 2.64. The molecule has 0 saturated carbocycles. The Morgan fingerprint density at radius 3 is 2.00 bits per heavy atom. The molecule has 0 fully saturated rings. The number of quaternary nitrogens is 1. The summed E-state index contributed by atoms with van der Waals surface area (Å²) in [4.78, 5) is 9.46. The van der Waals surface area contributed by atoms with Crippen molar-refractivity contribution in [1.29, 1.82) is 0 Å². The summed E-state index contributed by atoms with van der Waals surface area (Å²) in [6.07, 6.45) is 0. The normalized spacial score (nSPS) is 11.7. The quantitative estimate of drug-likeness (QED) is 0.423. The summed E-state index contributed by atoms with van der Waals surface area (Å²) in [6.45, 7) is 1.36. The van der Waals surface area contributed by atoms with Crippen LogP contribution in [-0.2, 0) is 4.79 Å². The molecule has 1 atom stereocenters. The minimum atomic E-state index is -1.21.